The van der Waals surface area contributed by atoms with Crippen molar-refractivity contribution in [2.24, 2.45) is 0 Å². The second-order valence-electron chi connectivity index (χ2n) is 5.49. The number of ether oxygens (including phenoxy) is 1. The number of hydrogen-bond acceptors (Lipinski definition) is 4. The van der Waals surface area contributed by atoms with Crippen LogP contribution in [-0.2, 0) is 4.79 Å². The van der Waals surface area contributed by atoms with Gasteiger partial charge in [0, 0.05) is 24.7 Å². The SMILES string of the molecule is CN(C)C(=O)Sc1ccc(NC(=O)CCOc2cccc(Cl)c2Cl)cc1. The number of anilines is 1. The van der Waals surface area contributed by atoms with Crippen LogP contribution in [0.25, 0.3) is 0 Å². The van der Waals surface area contributed by atoms with Crippen molar-refractivity contribution in [3.8, 4) is 5.75 Å². The van der Waals surface area contributed by atoms with Crippen LogP contribution in [0.5, 0.6) is 5.75 Å². The fourth-order valence-electron chi connectivity index (χ4n) is 1.87. The number of carbonyl (C=O) groups is 2. The van der Waals surface area contributed by atoms with Crippen LogP contribution in [0.1, 0.15) is 6.42 Å². The predicted octanol–water partition coefficient (Wildman–Crippen LogP) is 5.17. The van der Waals surface area contributed by atoms with E-state index in [0.29, 0.717) is 21.5 Å². The Kier molecular flexibility index (Phi) is 7.63. The first kappa shape index (κ1) is 20.4. The van der Waals surface area contributed by atoms with E-state index in [1.54, 1.807) is 56.6 Å². The number of amides is 2. The van der Waals surface area contributed by atoms with Crippen LogP contribution in [0.3, 0.4) is 0 Å². The molecule has 2 amide bonds. The molecule has 0 unspecified atom stereocenters. The minimum atomic E-state index is -0.187. The first-order chi connectivity index (χ1) is 12.4. The lowest BCUT2D eigenvalue weighted by atomic mass is 10.3. The maximum absolute atomic E-state index is 12.0. The van der Waals surface area contributed by atoms with Gasteiger partial charge in [-0.3, -0.25) is 9.59 Å². The summed E-state index contributed by atoms with van der Waals surface area (Å²) in [6, 6.07) is 12.1. The highest BCUT2D eigenvalue weighted by molar-refractivity contribution is 8.13. The molecule has 8 heteroatoms. The Balaban J connectivity index is 1.80. The van der Waals surface area contributed by atoms with Crippen molar-refractivity contribution >= 4 is 51.8 Å². The molecule has 0 aliphatic heterocycles. The summed E-state index contributed by atoms with van der Waals surface area (Å²) in [5.74, 6) is 0.256. The average Bonchev–Trinajstić information content (AvgIpc) is 2.60. The molecule has 0 bridgehead atoms. The monoisotopic (exact) mass is 412 g/mol. The number of thioether (sulfide) groups is 1. The largest absolute Gasteiger partial charge is 0.491 e. The van der Waals surface area contributed by atoms with Gasteiger partial charge in [-0.2, -0.15) is 0 Å². The van der Waals surface area contributed by atoms with Crippen molar-refractivity contribution in [3.05, 3.63) is 52.5 Å². The second kappa shape index (κ2) is 9.71. The van der Waals surface area contributed by atoms with E-state index in [1.165, 1.54) is 4.90 Å². The first-order valence-corrected chi connectivity index (χ1v) is 9.30. The zero-order valence-electron chi connectivity index (χ0n) is 14.3. The smallest absolute Gasteiger partial charge is 0.285 e. The van der Waals surface area contributed by atoms with E-state index < -0.39 is 0 Å². The highest BCUT2D eigenvalue weighted by Gasteiger charge is 2.09. The lowest BCUT2D eigenvalue weighted by Gasteiger charge is -2.10. The Morgan fingerprint density at radius 3 is 2.46 bits per heavy atom. The number of carbonyl (C=O) groups excluding carboxylic acids is 2. The topological polar surface area (TPSA) is 58.6 Å². The first-order valence-electron chi connectivity index (χ1n) is 7.72. The molecule has 5 nitrogen and oxygen atoms in total. The Bertz CT molecular complexity index is 783. The molecule has 1 N–H and O–H groups in total. The van der Waals surface area contributed by atoms with E-state index in [1.807, 2.05) is 0 Å². The molecular weight excluding hydrogens is 395 g/mol. The Morgan fingerprint density at radius 1 is 1.12 bits per heavy atom. The van der Waals surface area contributed by atoms with Gasteiger partial charge in [0.1, 0.15) is 10.8 Å². The average molecular weight is 413 g/mol. The van der Waals surface area contributed by atoms with Crippen LogP contribution in [0.15, 0.2) is 47.4 Å². The van der Waals surface area contributed by atoms with Crippen molar-refractivity contribution in [3.63, 3.8) is 0 Å². The van der Waals surface area contributed by atoms with Gasteiger partial charge >= 0.3 is 0 Å². The van der Waals surface area contributed by atoms with Crippen LogP contribution >= 0.6 is 35.0 Å². The zero-order valence-corrected chi connectivity index (χ0v) is 16.6. The van der Waals surface area contributed by atoms with Crippen LogP contribution < -0.4 is 10.1 Å². The van der Waals surface area contributed by atoms with Crippen LogP contribution in [0.4, 0.5) is 10.5 Å². The molecule has 2 aromatic carbocycles. The molecule has 0 atom stereocenters. The Morgan fingerprint density at radius 2 is 1.81 bits per heavy atom. The minimum absolute atomic E-state index is 0.0568. The zero-order chi connectivity index (χ0) is 19.1. The normalized spacial score (nSPS) is 10.3. The van der Waals surface area contributed by atoms with Gasteiger partial charge in [0.15, 0.2) is 0 Å². The van der Waals surface area contributed by atoms with Crippen LogP contribution in [0, 0.1) is 0 Å². The molecule has 0 aliphatic rings. The molecule has 0 fully saturated rings. The van der Waals surface area contributed by atoms with Crippen molar-refractivity contribution in [2.45, 2.75) is 11.3 Å². The number of rotatable bonds is 6. The van der Waals surface area contributed by atoms with Gasteiger partial charge in [-0.25, -0.2) is 0 Å². The summed E-state index contributed by atoms with van der Waals surface area (Å²) in [6.07, 6.45) is 0.165. The van der Waals surface area contributed by atoms with E-state index in [0.717, 1.165) is 16.7 Å². The molecule has 0 aromatic heterocycles. The van der Waals surface area contributed by atoms with Crippen LogP contribution in [0.2, 0.25) is 10.0 Å². The fourth-order valence-corrected chi connectivity index (χ4v) is 2.87. The van der Waals surface area contributed by atoms with E-state index in [2.05, 4.69) is 5.32 Å². The van der Waals surface area contributed by atoms with Gasteiger partial charge in [0.25, 0.3) is 5.24 Å². The van der Waals surface area contributed by atoms with Crippen molar-refractivity contribution < 1.29 is 14.3 Å². The summed E-state index contributed by atoms with van der Waals surface area (Å²) in [4.78, 5) is 25.9. The fraction of sp³-hybridized carbons (Fsp3) is 0.222. The molecule has 0 saturated carbocycles. The van der Waals surface area contributed by atoms with E-state index >= 15 is 0 Å². The minimum Gasteiger partial charge on any atom is -0.491 e. The van der Waals surface area contributed by atoms with E-state index in [4.69, 9.17) is 27.9 Å². The lowest BCUT2D eigenvalue weighted by molar-refractivity contribution is -0.116. The van der Waals surface area contributed by atoms with E-state index in [9.17, 15) is 9.59 Å². The molecular formula is C18H18Cl2N2O3S. The van der Waals surface area contributed by atoms with Crippen molar-refractivity contribution in [1.29, 1.82) is 0 Å². The number of halogens is 2. The summed E-state index contributed by atoms with van der Waals surface area (Å²) in [5.41, 5.74) is 0.650. The van der Waals surface area contributed by atoms with Gasteiger partial charge in [-0.1, -0.05) is 29.3 Å². The highest BCUT2D eigenvalue weighted by atomic mass is 35.5. The van der Waals surface area contributed by atoms with Gasteiger partial charge < -0.3 is 15.0 Å². The summed E-state index contributed by atoms with van der Waals surface area (Å²) in [5, 5.41) is 3.45. The highest BCUT2D eigenvalue weighted by Crippen LogP contribution is 2.31. The number of hydrogen-bond donors (Lipinski definition) is 1. The van der Waals surface area contributed by atoms with Gasteiger partial charge in [-0.15, -0.1) is 0 Å². The summed E-state index contributed by atoms with van der Waals surface area (Å²) in [6.45, 7) is 0.178. The molecule has 0 spiro atoms. The summed E-state index contributed by atoms with van der Waals surface area (Å²) in [7, 11) is 3.39. The number of nitrogens with zero attached hydrogens (tertiary/aromatic N) is 1. The second-order valence-corrected chi connectivity index (χ2v) is 7.30. The van der Waals surface area contributed by atoms with Crippen molar-refractivity contribution in [1.82, 2.24) is 4.90 Å². The third kappa shape index (κ3) is 6.12. The van der Waals surface area contributed by atoms with Gasteiger partial charge in [-0.05, 0) is 48.2 Å². The molecule has 138 valence electrons. The molecule has 2 aromatic rings. The molecule has 26 heavy (non-hydrogen) atoms. The number of benzene rings is 2. The maximum atomic E-state index is 12.0. The molecule has 0 heterocycles. The third-order valence-electron chi connectivity index (χ3n) is 3.21. The standard InChI is InChI=1S/C18H18Cl2N2O3S/c1-22(2)18(24)26-13-8-6-12(7-9-13)21-16(23)10-11-25-15-5-3-4-14(19)17(15)20/h3-9H,10-11H2,1-2H3,(H,21,23). The van der Waals surface area contributed by atoms with E-state index in [-0.39, 0.29) is 24.2 Å². The quantitative estimate of drug-likeness (QED) is 0.664. The molecule has 0 aliphatic carbocycles. The maximum Gasteiger partial charge on any atom is 0.285 e. The Labute approximate surface area is 166 Å². The number of nitrogens with one attached hydrogen (secondary N) is 1. The summed E-state index contributed by atoms with van der Waals surface area (Å²) >= 11 is 13.1. The summed E-state index contributed by atoms with van der Waals surface area (Å²) < 4.78 is 5.49. The predicted molar refractivity (Wildman–Crippen MR) is 107 cm³/mol. The van der Waals surface area contributed by atoms with Gasteiger partial charge in [0.05, 0.1) is 18.1 Å². The lowest BCUT2D eigenvalue weighted by Crippen LogP contribution is -2.16. The molecule has 2 rings (SSSR count). The van der Waals surface area contributed by atoms with Crippen LogP contribution in [-0.4, -0.2) is 36.7 Å². The molecule has 0 saturated heterocycles. The third-order valence-corrected chi connectivity index (χ3v) is 5.06. The molecule has 0 radical (unpaired) electrons. The van der Waals surface area contributed by atoms with Crippen molar-refractivity contribution in [2.75, 3.05) is 26.0 Å². The Hall–Kier alpha value is -1.89. The van der Waals surface area contributed by atoms with Gasteiger partial charge in [0.2, 0.25) is 5.91 Å².